The molecule has 0 aliphatic carbocycles. The molecule has 11 nitrogen and oxygen atoms in total. The Labute approximate surface area is 214 Å². The van der Waals surface area contributed by atoms with Crippen LogP contribution >= 0.6 is 11.3 Å². The van der Waals surface area contributed by atoms with Gasteiger partial charge in [0.2, 0.25) is 5.75 Å². The molecule has 0 saturated carbocycles. The molecule has 4 rings (SSSR count). The number of phenols is 1. The number of thiazole rings is 1. The van der Waals surface area contributed by atoms with E-state index in [1.807, 2.05) is 0 Å². The first-order chi connectivity index (χ1) is 17.7. The minimum Gasteiger partial charge on any atom is -0.502 e. The number of carbonyl (C=O) groups is 1. The maximum absolute atomic E-state index is 13.7. The number of nitro groups is 1. The Morgan fingerprint density at radius 2 is 2.03 bits per heavy atom. The molecule has 2 heterocycles. The minimum atomic E-state index is -0.957. The van der Waals surface area contributed by atoms with E-state index in [4.69, 9.17) is 14.2 Å². The highest BCUT2D eigenvalue weighted by atomic mass is 32.1. The first kappa shape index (κ1) is 25.6. The lowest BCUT2D eigenvalue weighted by molar-refractivity contribution is -0.385. The summed E-state index contributed by atoms with van der Waals surface area (Å²) in [5.74, 6) is -0.303. The van der Waals surface area contributed by atoms with Gasteiger partial charge in [0, 0.05) is 17.2 Å². The van der Waals surface area contributed by atoms with E-state index in [0.29, 0.717) is 27.6 Å². The van der Waals surface area contributed by atoms with Crippen molar-refractivity contribution < 1.29 is 29.0 Å². The zero-order valence-electron chi connectivity index (χ0n) is 20.4. The van der Waals surface area contributed by atoms with Crippen molar-refractivity contribution in [3.8, 4) is 17.2 Å². The van der Waals surface area contributed by atoms with Crippen molar-refractivity contribution in [3.05, 3.63) is 88.6 Å². The van der Waals surface area contributed by atoms with Crippen molar-refractivity contribution in [1.82, 2.24) is 4.57 Å². The van der Waals surface area contributed by atoms with Crippen molar-refractivity contribution in [3.63, 3.8) is 0 Å². The summed E-state index contributed by atoms with van der Waals surface area (Å²) in [6.07, 6.45) is 1.36. The van der Waals surface area contributed by atoms with Crippen LogP contribution in [0.2, 0.25) is 0 Å². The lowest BCUT2D eigenvalue weighted by Gasteiger charge is -2.26. The van der Waals surface area contributed by atoms with Crippen molar-refractivity contribution in [2.45, 2.75) is 19.9 Å². The molecule has 37 heavy (non-hydrogen) atoms. The summed E-state index contributed by atoms with van der Waals surface area (Å²) in [6, 6.07) is 8.11. The highest BCUT2D eigenvalue weighted by Crippen LogP contribution is 2.38. The van der Waals surface area contributed by atoms with Crippen LogP contribution in [0.4, 0.5) is 5.69 Å². The first-order valence-corrected chi connectivity index (χ1v) is 11.9. The van der Waals surface area contributed by atoms with E-state index in [1.54, 1.807) is 32.0 Å². The van der Waals surface area contributed by atoms with Crippen LogP contribution in [0.25, 0.3) is 6.08 Å². The van der Waals surface area contributed by atoms with Gasteiger partial charge in [-0.05, 0) is 38.1 Å². The lowest BCUT2D eigenvalue weighted by atomic mass is 9.94. The monoisotopic (exact) mass is 525 g/mol. The van der Waals surface area contributed by atoms with Crippen LogP contribution in [-0.2, 0) is 9.53 Å². The zero-order chi connectivity index (χ0) is 26.9. The number of aromatic nitrogens is 1. The molecule has 1 atom stereocenters. The molecule has 3 aromatic rings. The van der Waals surface area contributed by atoms with Crippen molar-refractivity contribution >= 4 is 29.1 Å². The van der Waals surface area contributed by atoms with Crippen molar-refractivity contribution in [1.29, 1.82) is 0 Å². The Balaban J connectivity index is 2.03. The van der Waals surface area contributed by atoms with Gasteiger partial charge in [0.05, 0.1) is 41.6 Å². The maximum Gasteiger partial charge on any atom is 0.338 e. The number of rotatable bonds is 7. The fraction of sp³-hybridized carbons (Fsp3) is 0.240. The van der Waals surface area contributed by atoms with Gasteiger partial charge in [0.25, 0.3) is 5.56 Å². The van der Waals surface area contributed by atoms with Crippen LogP contribution in [0.1, 0.15) is 31.0 Å². The van der Waals surface area contributed by atoms with Gasteiger partial charge in [-0.25, -0.2) is 9.79 Å². The van der Waals surface area contributed by atoms with Gasteiger partial charge >= 0.3 is 11.7 Å². The first-order valence-electron chi connectivity index (χ1n) is 11.1. The minimum absolute atomic E-state index is 0.0938. The number of nitrogens with zero attached hydrogens (tertiary/aromatic N) is 3. The van der Waals surface area contributed by atoms with Gasteiger partial charge < -0.3 is 19.3 Å². The normalized spacial score (nSPS) is 15.1. The number of aromatic hydroxyl groups is 1. The van der Waals surface area contributed by atoms with Crippen LogP contribution < -0.4 is 24.4 Å². The number of nitro benzene ring substituents is 1. The van der Waals surface area contributed by atoms with Gasteiger partial charge in [0.1, 0.15) is 17.5 Å². The molecule has 0 radical (unpaired) electrons. The number of esters is 1. The van der Waals surface area contributed by atoms with E-state index in [9.17, 15) is 24.8 Å². The molecule has 12 heteroatoms. The Morgan fingerprint density at radius 1 is 1.27 bits per heavy atom. The fourth-order valence-corrected chi connectivity index (χ4v) is 5.13. The lowest BCUT2D eigenvalue weighted by Crippen LogP contribution is -2.40. The Hall–Kier alpha value is -4.45. The van der Waals surface area contributed by atoms with Gasteiger partial charge in [-0.2, -0.15) is 0 Å². The number of fused-ring (bicyclic) bond motifs is 1. The molecule has 0 fully saturated rings. The fourth-order valence-electron chi connectivity index (χ4n) is 4.09. The van der Waals surface area contributed by atoms with Gasteiger partial charge in [-0.15, -0.1) is 0 Å². The summed E-state index contributed by atoms with van der Waals surface area (Å²) in [6.45, 7) is 3.44. The van der Waals surface area contributed by atoms with Crippen LogP contribution in [-0.4, -0.2) is 41.4 Å². The second-order valence-electron chi connectivity index (χ2n) is 7.88. The average molecular weight is 526 g/mol. The molecule has 1 aliphatic heterocycles. The Morgan fingerprint density at radius 3 is 2.68 bits per heavy atom. The SMILES string of the molecule is CCOC(=O)C1=C(C)N=c2s/c(=C/c3cccc([N+](=O)[O-])c3O)c(=O)n2C1c1cc(OC)ccc1OC. The molecular formula is C25H23N3O8S. The van der Waals surface area contributed by atoms with Gasteiger partial charge in [0.15, 0.2) is 4.80 Å². The molecule has 0 bridgehead atoms. The Bertz CT molecular complexity index is 1620. The molecule has 1 aliphatic rings. The molecule has 0 spiro atoms. The zero-order valence-corrected chi connectivity index (χ0v) is 21.2. The van der Waals surface area contributed by atoms with Gasteiger partial charge in [-0.3, -0.25) is 19.5 Å². The van der Waals surface area contributed by atoms with Crippen LogP contribution in [0.5, 0.6) is 17.2 Å². The number of carbonyl (C=O) groups excluding carboxylic acids is 1. The van der Waals surface area contributed by atoms with Crippen LogP contribution in [0, 0.1) is 10.1 Å². The van der Waals surface area contributed by atoms with Crippen molar-refractivity contribution in [2.75, 3.05) is 20.8 Å². The number of allylic oxidation sites excluding steroid dienone is 1. The summed E-state index contributed by atoms with van der Waals surface area (Å²) in [5, 5.41) is 21.6. The third-order valence-electron chi connectivity index (χ3n) is 5.78. The predicted octanol–water partition coefficient (Wildman–Crippen LogP) is 2.43. The number of benzene rings is 2. The maximum atomic E-state index is 13.7. The van der Waals surface area contributed by atoms with Crippen LogP contribution in [0.3, 0.4) is 0 Å². The molecule has 2 aromatic carbocycles. The highest BCUT2D eigenvalue weighted by molar-refractivity contribution is 7.07. The van der Waals surface area contributed by atoms with Gasteiger partial charge in [-0.1, -0.05) is 23.5 Å². The number of hydrogen-bond donors (Lipinski definition) is 1. The van der Waals surface area contributed by atoms with E-state index in [0.717, 1.165) is 17.4 Å². The highest BCUT2D eigenvalue weighted by Gasteiger charge is 2.35. The second kappa shape index (κ2) is 10.3. The number of hydrogen-bond acceptors (Lipinski definition) is 10. The molecule has 1 N–H and O–H groups in total. The van der Waals surface area contributed by atoms with E-state index in [2.05, 4.69) is 4.99 Å². The van der Waals surface area contributed by atoms with E-state index >= 15 is 0 Å². The van der Waals surface area contributed by atoms with Crippen LogP contribution in [0.15, 0.2) is 57.5 Å². The van der Waals surface area contributed by atoms with E-state index in [1.165, 1.54) is 37.0 Å². The third-order valence-corrected chi connectivity index (χ3v) is 6.76. The molecule has 0 saturated heterocycles. The summed E-state index contributed by atoms with van der Waals surface area (Å²) in [5.41, 5.74) is 0.0889. The average Bonchev–Trinajstić information content (AvgIpc) is 3.18. The molecule has 0 amide bonds. The molecule has 1 unspecified atom stereocenters. The summed E-state index contributed by atoms with van der Waals surface area (Å²) < 4.78 is 17.7. The van der Waals surface area contributed by atoms with E-state index in [-0.39, 0.29) is 22.3 Å². The predicted molar refractivity (Wildman–Crippen MR) is 135 cm³/mol. The smallest absolute Gasteiger partial charge is 0.338 e. The Kier molecular flexibility index (Phi) is 7.11. The molecular weight excluding hydrogens is 502 g/mol. The number of phenolic OH excluding ortho intramolecular Hbond substituents is 1. The summed E-state index contributed by atoms with van der Waals surface area (Å²) in [7, 11) is 2.97. The third kappa shape index (κ3) is 4.58. The number of methoxy groups -OCH3 is 2. The quantitative estimate of drug-likeness (QED) is 0.282. The summed E-state index contributed by atoms with van der Waals surface area (Å²) >= 11 is 1.02. The van der Waals surface area contributed by atoms with E-state index < -0.39 is 33.9 Å². The largest absolute Gasteiger partial charge is 0.502 e. The molecule has 192 valence electrons. The standard InChI is InChI=1S/C25H23N3O8S/c1-5-36-24(31)20-13(2)26-25-27(21(20)16-12-15(34-3)9-10-18(16)35-4)23(30)19(37-25)11-14-7-6-8-17(22(14)29)28(32)33/h6-12,21,29H,5H2,1-4H3/b19-11+. The number of ether oxygens (including phenoxy) is 3. The summed E-state index contributed by atoms with van der Waals surface area (Å²) in [4.78, 5) is 42.1. The molecule has 1 aromatic heterocycles. The second-order valence-corrected chi connectivity index (χ2v) is 8.89. The van der Waals surface area contributed by atoms with Crippen molar-refractivity contribution in [2.24, 2.45) is 4.99 Å². The number of para-hydroxylation sites is 1. The topological polar surface area (TPSA) is 142 Å².